The zero-order valence-corrected chi connectivity index (χ0v) is 11.6. The predicted molar refractivity (Wildman–Crippen MR) is 72.7 cm³/mol. The van der Waals surface area contributed by atoms with Gasteiger partial charge in [-0.1, -0.05) is 11.8 Å². The Balaban J connectivity index is 2.07. The van der Waals surface area contributed by atoms with Gasteiger partial charge in [0, 0.05) is 34.4 Å². The third kappa shape index (κ3) is 3.67. The van der Waals surface area contributed by atoms with Crippen molar-refractivity contribution in [1.29, 1.82) is 0 Å². The smallest absolute Gasteiger partial charge is 0.190 e. The molecule has 88 valence electrons. The molecule has 2 heterocycles. The van der Waals surface area contributed by atoms with Crippen LogP contribution in [0.3, 0.4) is 0 Å². The Hall–Kier alpha value is -1.14. The molecule has 0 saturated carbocycles. The van der Waals surface area contributed by atoms with Crippen molar-refractivity contribution >= 4 is 33.5 Å². The number of nitrogens with zero attached hydrogens (tertiary/aromatic N) is 3. The number of rotatable bonds is 3. The van der Waals surface area contributed by atoms with Gasteiger partial charge in [0.2, 0.25) is 0 Å². The van der Waals surface area contributed by atoms with Crippen molar-refractivity contribution in [2.24, 2.45) is 0 Å². The topological polar surface area (TPSA) is 64.7 Å². The van der Waals surface area contributed by atoms with E-state index >= 15 is 0 Å². The van der Waals surface area contributed by atoms with E-state index in [1.54, 1.807) is 24.0 Å². The number of thioether (sulfide) groups is 1. The summed E-state index contributed by atoms with van der Waals surface area (Å²) in [5.41, 5.74) is 7.67. The van der Waals surface area contributed by atoms with E-state index in [2.05, 4.69) is 30.9 Å². The van der Waals surface area contributed by atoms with E-state index in [0.29, 0.717) is 11.0 Å². The van der Waals surface area contributed by atoms with Crippen LogP contribution in [0.2, 0.25) is 0 Å². The highest BCUT2D eigenvalue weighted by Crippen LogP contribution is 2.21. The first-order chi connectivity index (χ1) is 8.13. The molecule has 4 nitrogen and oxygen atoms in total. The molecule has 0 aliphatic heterocycles. The van der Waals surface area contributed by atoms with Gasteiger partial charge in [-0.25, -0.2) is 9.97 Å². The highest BCUT2D eigenvalue weighted by atomic mass is 79.9. The maximum Gasteiger partial charge on any atom is 0.190 e. The van der Waals surface area contributed by atoms with Gasteiger partial charge in [0.1, 0.15) is 5.82 Å². The maximum absolute atomic E-state index is 5.67. The van der Waals surface area contributed by atoms with Crippen LogP contribution in [-0.2, 0) is 5.75 Å². The fourth-order valence-corrected chi connectivity index (χ4v) is 2.56. The van der Waals surface area contributed by atoms with Crippen LogP contribution in [0.5, 0.6) is 0 Å². The SMILES string of the molecule is Cc1cc(N)nc(SCc2cncc(Br)c2)n1. The Morgan fingerprint density at radius 3 is 2.82 bits per heavy atom. The Kier molecular flexibility index (Phi) is 3.96. The largest absolute Gasteiger partial charge is 0.384 e. The lowest BCUT2D eigenvalue weighted by atomic mass is 10.3. The van der Waals surface area contributed by atoms with Gasteiger partial charge in [0.05, 0.1) is 0 Å². The second-order valence-electron chi connectivity index (χ2n) is 3.52. The number of aryl methyl sites for hydroxylation is 1. The van der Waals surface area contributed by atoms with Gasteiger partial charge in [-0.15, -0.1) is 0 Å². The average molecular weight is 311 g/mol. The molecule has 6 heteroatoms. The van der Waals surface area contributed by atoms with E-state index in [1.165, 1.54) is 0 Å². The Morgan fingerprint density at radius 2 is 2.12 bits per heavy atom. The minimum Gasteiger partial charge on any atom is -0.384 e. The molecule has 0 aromatic carbocycles. The summed E-state index contributed by atoms with van der Waals surface area (Å²) in [5, 5.41) is 0.697. The summed E-state index contributed by atoms with van der Waals surface area (Å²) in [4.78, 5) is 12.6. The van der Waals surface area contributed by atoms with Crippen LogP contribution in [0.25, 0.3) is 0 Å². The van der Waals surface area contributed by atoms with Crippen molar-refractivity contribution in [2.45, 2.75) is 17.8 Å². The molecule has 0 radical (unpaired) electrons. The second-order valence-corrected chi connectivity index (χ2v) is 5.38. The van der Waals surface area contributed by atoms with Crippen LogP contribution in [0.4, 0.5) is 5.82 Å². The molecule has 0 saturated heterocycles. The fraction of sp³-hybridized carbons (Fsp3) is 0.182. The molecule has 2 aromatic heterocycles. The number of pyridine rings is 1. The second kappa shape index (κ2) is 5.46. The molecule has 0 atom stereocenters. The Bertz CT molecular complexity index is 512. The van der Waals surface area contributed by atoms with Crippen LogP contribution in [0, 0.1) is 6.92 Å². The van der Waals surface area contributed by atoms with E-state index in [0.717, 1.165) is 21.5 Å². The van der Waals surface area contributed by atoms with Crippen molar-refractivity contribution in [3.05, 3.63) is 40.3 Å². The summed E-state index contributed by atoms with van der Waals surface area (Å²) in [6.45, 7) is 1.91. The zero-order valence-electron chi connectivity index (χ0n) is 9.22. The molecule has 17 heavy (non-hydrogen) atoms. The molecule has 0 aliphatic rings. The van der Waals surface area contributed by atoms with Crippen molar-refractivity contribution in [1.82, 2.24) is 15.0 Å². The van der Waals surface area contributed by atoms with E-state index in [9.17, 15) is 0 Å². The number of hydrogen-bond acceptors (Lipinski definition) is 5. The highest BCUT2D eigenvalue weighted by molar-refractivity contribution is 9.10. The first kappa shape index (κ1) is 12.3. The normalized spacial score (nSPS) is 10.5. The number of hydrogen-bond donors (Lipinski definition) is 1. The summed E-state index contributed by atoms with van der Waals surface area (Å²) in [6, 6.07) is 3.78. The van der Waals surface area contributed by atoms with E-state index in [4.69, 9.17) is 5.73 Å². The lowest BCUT2D eigenvalue weighted by molar-refractivity contribution is 0.940. The third-order valence-electron chi connectivity index (χ3n) is 1.98. The molecule has 0 unspecified atom stereocenters. The van der Waals surface area contributed by atoms with Crippen LogP contribution in [0.1, 0.15) is 11.3 Å². The van der Waals surface area contributed by atoms with Gasteiger partial charge in [0.15, 0.2) is 5.16 Å². The van der Waals surface area contributed by atoms with Crippen molar-refractivity contribution in [3.63, 3.8) is 0 Å². The lowest BCUT2D eigenvalue weighted by Gasteiger charge is -2.03. The molecule has 0 aliphatic carbocycles. The van der Waals surface area contributed by atoms with E-state index in [-0.39, 0.29) is 0 Å². The minimum atomic E-state index is 0.507. The quantitative estimate of drug-likeness (QED) is 0.697. The minimum absolute atomic E-state index is 0.507. The van der Waals surface area contributed by atoms with Crippen molar-refractivity contribution in [2.75, 3.05) is 5.73 Å². The number of nitrogen functional groups attached to an aromatic ring is 1. The standard InChI is InChI=1S/C11H11BrN4S/c1-7-2-10(13)16-11(15-7)17-6-8-3-9(12)5-14-4-8/h2-5H,6H2,1H3,(H2,13,15,16). The van der Waals surface area contributed by atoms with E-state index in [1.807, 2.05) is 19.2 Å². The Morgan fingerprint density at radius 1 is 1.29 bits per heavy atom. The third-order valence-corrected chi connectivity index (χ3v) is 3.34. The van der Waals surface area contributed by atoms with Crippen molar-refractivity contribution < 1.29 is 0 Å². The van der Waals surface area contributed by atoms with Gasteiger partial charge in [-0.3, -0.25) is 4.98 Å². The molecule has 0 amide bonds. The molecular weight excluding hydrogens is 300 g/mol. The molecule has 2 aromatic rings. The molecule has 2 rings (SSSR count). The van der Waals surface area contributed by atoms with Gasteiger partial charge >= 0.3 is 0 Å². The monoisotopic (exact) mass is 310 g/mol. The molecule has 0 fully saturated rings. The van der Waals surface area contributed by atoms with Gasteiger partial charge in [-0.2, -0.15) is 0 Å². The van der Waals surface area contributed by atoms with Gasteiger partial charge < -0.3 is 5.73 Å². The summed E-state index contributed by atoms with van der Waals surface area (Å²) < 4.78 is 0.972. The summed E-state index contributed by atoms with van der Waals surface area (Å²) >= 11 is 4.94. The maximum atomic E-state index is 5.67. The van der Waals surface area contributed by atoms with Crippen LogP contribution >= 0.6 is 27.7 Å². The fourth-order valence-electron chi connectivity index (χ4n) is 1.31. The van der Waals surface area contributed by atoms with E-state index < -0.39 is 0 Å². The average Bonchev–Trinajstić information content (AvgIpc) is 2.25. The summed E-state index contributed by atoms with van der Waals surface area (Å²) in [7, 11) is 0. The van der Waals surface area contributed by atoms with Crippen LogP contribution in [-0.4, -0.2) is 15.0 Å². The molecule has 2 N–H and O–H groups in total. The van der Waals surface area contributed by atoms with Gasteiger partial charge in [-0.05, 0) is 34.5 Å². The summed E-state index contributed by atoms with van der Waals surface area (Å²) in [6.07, 6.45) is 3.59. The molecular formula is C11H11BrN4S. The number of halogens is 1. The number of aromatic nitrogens is 3. The zero-order chi connectivity index (χ0) is 12.3. The highest BCUT2D eigenvalue weighted by Gasteiger charge is 2.02. The van der Waals surface area contributed by atoms with Crippen LogP contribution in [0.15, 0.2) is 34.2 Å². The number of anilines is 1. The number of nitrogens with two attached hydrogens (primary N) is 1. The lowest BCUT2D eigenvalue weighted by Crippen LogP contribution is -1.96. The summed E-state index contributed by atoms with van der Waals surface area (Å²) in [5.74, 6) is 1.28. The Labute approximate surface area is 112 Å². The first-order valence-corrected chi connectivity index (χ1v) is 6.75. The van der Waals surface area contributed by atoms with Crippen LogP contribution < -0.4 is 5.73 Å². The predicted octanol–water partition coefficient (Wildman–Crippen LogP) is 2.82. The van der Waals surface area contributed by atoms with Crippen molar-refractivity contribution in [3.8, 4) is 0 Å². The molecule has 0 spiro atoms. The molecule has 0 bridgehead atoms. The first-order valence-electron chi connectivity index (χ1n) is 4.97. The van der Waals surface area contributed by atoms with Gasteiger partial charge in [0.25, 0.3) is 0 Å².